The highest BCUT2D eigenvalue weighted by molar-refractivity contribution is 6.17. The Balaban J connectivity index is 1.63. The fourth-order valence-electron chi connectivity index (χ4n) is 5.72. The molecule has 0 bridgehead atoms. The lowest BCUT2D eigenvalue weighted by Gasteiger charge is -2.34. The lowest BCUT2D eigenvalue weighted by molar-refractivity contribution is -0.126. The van der Waals surface area contributed by atoms with Gasteiger partial charge in [0.1, 0.15) is 5.58 Å². The third-order valence-corrected chi connectivity index (χ3v) is 7.46. The van der Waals surface area contributed by atoms with Gasteiger partial charge in [0.05, 0.1) is 23.2 Å². The Bertz CT molecular complexity index is 1620. The van der Waals surface area contributed by atoms with E-state index in [9.17, 15) is 14.4 Å². The van der Waals surface area contributed by atoms with Crippen molar-refractivity contribution in [2.24, 2.45) is 0 Å². The lowest BCUT2D eigenvalue weighted by atomic mass is 9.84. The second-order valence-electron chi connectivity index (χ2n) is 9.48. The Labute approximate surface area is 213 Å². The van der Waals surface area contributed by atoms with Crippen LogP contribution in [0.2, 0.25) is 0 Å². The lowest BCUT2D eigenvalue weighted by Crippen LogP contribution is -2.53. The molecule has 4 aromatic rings. The van der Waals surface area contributed by atoms with Crippen LogP contribution in [0.25, 0.3) is 11.0 Å². The van der Waals surface area contributed by atoms with Crippen LogP contribution >= 0.6 is 0 Å². The van der Waals surface area contributed by atoms with Crippen LogP contribution in [0.3, 0.4) is 0 Å². The maximum Gasteiger partial charge on any atom is 0.291 e. The summed E-state index contributed by atoms with van der Waals surface area (Å²) in [5.74, 6) is -0.860. The zero-order chi connectivity index (χ0) is 25.7. The molecule has 6 rings (SSSR count). The quantitative estimate of drug-likeness (QED) is 0.372. The Morgan fingerprint density at radius 3 is 2.46 bits per heavy atom. The Morgan fingerprint density at radius 1 is 0.919 bits per heavy atom. The number of carbonyl (C=O) groups excluding carboxylic acids is 2. The van der Waals surface area contributed by atoms with Gasteiger partial charge < -0.3 is 19.0 Å². The number of rotatable bonds is 6. The molecule has 7 heteroatoms. The molecule has 2 aliphatic heterocycles. The summed E-state index contributed by atoms with van der Waals surface area (Å²) in [5, 5.41) is 0.342. The number of fused-ring (bicyclic) bond motifs is 5. The molecule has 0 saturated carbocycles. The number of anilines is 1. The van der Waals surface area contributed by atoms with E-state index < -0.39 is 11.4 Å². The van der Waals surface area contributed by atoms with Crippen molar-refractivity contribution in [1.82, 2.24) is 4.90 Å². The van der Waals surface area contributed by atoms with Gasteiger partial charge in [-0.3, -0.25) is 14.4 Å². The van der Waals surface area contributed by atoms with Crippen molar-refractivity contribution in [1.29, 1.82) is 0 Å². The number of nitrogens with zero attached hydrogens (tertiary/aromatic N) is 2. The number of carbonyl (C=O) groups is 2. The maximum absolute atomic E-state index is 14.7. The molecule has 37 heavy (non-hydrogen) atoms. The first-order valence-corrected chi connectivity index (χ1v) is 12.3. The van der Waals surface area contributed by atoms with Crippen LogP contribution in [0.15, 0.2) is 82.0 Å². The fourth-order valence-corrected chi connectivity index (χ4v) is 5.72. The summed E-state index contributed by atoms with van der Waals surface area (Å²) in [6.45, 7) is 2.95. The number of benzene rings is 3. The zero-order valence-corrected chi connectivity index (χ0v) is 20.7. The molecule has 0 fully saturated rings. The molecular formula is C30H26N2O5. The third-order valence-electron chi connectivity index (χ3n) is 7.46. The molecule has 186 valence electrons. The molecule has 2 amide bonds. The summed E-state index contributed by atoms with van der Waals surface area (Å²) in [6.07, 6.45) is 0.499. The largest absolute Gasteiger partial charge is 0.450 e. The highest BCUT2D eigenvalue weighted by Gasteiger charge is 2.64. The first-order chi connectivity index (χ1) is 18.0. The Kier molecular flexibility index (Phi) is 5.46. The van der Waals surface area contributed by atoms with Gasteiger partial charge in [-0.1, -0.05) is 54.6 Å². The third kappa shape index (κ3) is 3.20. The molecule has 1 aromatic heterocycles. The van der Waals surface area contributed by atoms with E-state index in [0.717, 1.165) is 11.1 Å². The highest BCUT2D eigenvalue weighted by Crippen LogP contribution is 2.52. The molecule has 3 aromatic carbocycles. The minimum atomic E-state index is -1.61. The van der Waals surface area contributed by atoms with Crippen LogP contribution < -0.4 is 10.3 Å². The van der Waals surface area contributed by atoms with Crippen molar-refractivity contribution in [3.8, 4) is 0 Å². The number of ether oxygens (including phenoxy) is 1. The molecule has 3 heterocycles. The van der Waals surface area contributed by atoms with Gasteiger partial charge in [0, 0.05) is 25.8 Å². The molecule has 7 nitrogen and oxygen atoms in total. The van der Waals surface area contributed by atoms with Crippen molar-refractivity contribution in [2.45, 2.75) is 25.4 Å². The van der Waals surface area contributed by atoms with E-state index in [1.165, 1.54) is 4.90 Å². The molecule has 1 atom stereocenters. The number of para-hydroxylation sites is 2. The molecule has 0 aliphatic carbocycles. The molecule has 0 radical (unpaired) electrons. The van der Waals surface area contributed by atoms with E-state index >= 15 is 0 Å². The van der Waals surface area contributed by atoms with Crippen molar-refractivity contribution in [3.05, 3.63) is 111 Å². The number of hydrogen-bond donors (Lipinski definition) is 0. The first kappa shape index (κ1) is 23.2. The van der Waals surface area contributed by atoms with Crippen LogP contribution in [0.1, 0.15) is 39.2 Å². The monoisotopic (exact) mass is 494 g/mol. The molecule has 0 saturated heterocycles. The average molecular weight is 495 g/mol. The van der Waals surface area contributed by atoms with E-state index in [2.05, 4.69) is 0 Å². The van der Waals surface area contributed by atoms with Crippen molar-refractivity contribution < 1.29 is 18.7 Å². The van der Waals surface area contributed by atoms with Crippen LogP contribution in [-0.4, -0.2) is 37.0 Å². The van der Waals surface area contributed by atoms with E-state index in [-0.39, 0.29) is 29.2 Å². The minimum absolute atomic E-state index is 0.0676. The van der Waals surface area contributed by atoms with Crippen LogP contribution in [0.4, 0.5) is 5.69 Å². The standard InChI is InChI=1S/C30H26N2O5/c1-19-10-3-4-11-20(19)18-31-23-14-7-6-13-22(23)30(29(31)35)25-26(33)21-12-5-8-15-24(21)37-27(25)28(34)32(30)16-9-17-36-2/h3-8,10-15H,9,16-18H2,1-2H3. The molecule has 2 aliphatic rings. The highest BCUT2D eigenvalue weighted by atomic mass is 16.5. The summed E-state index contributed by atoms with van der Waals surface area (Å²) in [5.41, 5.74) is 1.79. The van der Waals surface area contributed by atoms with Crippen molar-refractivity contribution in [3.63, 3.8) is 0 Å². The van der Waals surface area contributed by atoms with Gasteiger partial charge in [-0.2, -0.15) is 0 Å². The first-order valence-electron chi connectivity index (χ1n) is 12.3. The number of aryl methyl sites for hydroxylation is 1. The maximum atomic E-state index is 14.7. The van der Waals surface area contributed by atoms with E-state index in [4.69, 9.17) is 9.15 Å². The summed E-state index contributed by atoms with van der Waals surface area (Å²) in [4.78, 5) is 45.8. The molecular weight excluding hydrogens is 468 g/mol. The summed E-state index contributed by atoms with van der Waals surface area (Å²) < 4.78 is 11.3. The second kappa shape index (κ2) is 8.71. The van der Waals surface area contributed by atoms with E-state index in [1.807, 2.05) is 55.5 Å². The average Bonchev–Trinajstić information content (AvgIpc) is 3.30. The van der Waals surface area contributed by atoms with Gasteiger partial charge >= 0.3 is 0 Å². The number of methoxy groups -OCH3 is 1. The van der Waals surface area contributed by atoms with Crippen LogP contribution in [0, 0.1) is 6.92 Å². The Hall–Kier alpha value is -4.23. The summed E-state index contributed by atoms with van der Waals surface area (Å²) in [7, 11) is 1.59. The number of hydrogen-bond acceptors (Lipinski definition) is 5. The van der Waals surface area contributed by atoms with Crippen molar-refractivity contribution >= 4 is 28.5 Å². The van der Waals surface area contributed by atoms with Crippen molar-refractivity contribution in [2.75, 3.05) is 25.2 Å². The van der Waals surface area contributed by atoms with Gasteiger partial charge in [-0.25, -0.2) is 0 Å². The van der Waals surface area contributed by atoms with Gasteiger partial charge in [0.15, 0.2) is 11.0 Å². The second-order valence-corrected chi connectivity index (χ2v) is 9.48. The van der Waals surface area contributed by atoms with Crippen LogP contribution in [0.5, 0.6) is 0 Å². The Morgan fingerprint density at radius 2 is 1.65 bits per heavy atom. The smallest absolute Gasteiger partial charge is 0.291 e. The van der Waals surface area contributed by atoms with Gasteiger partial charge in [0.2, 0.25) is 5.76 Å². The zero-order valence-electron chi connectivity index (χ0n) is 20.7. The predicted octanol–water partition coefficient (Wildman–Crippen LogP) is 4.38. The predicted molar refractivity (Wildman–Crippen MR) is 140 cm³/mol. The topological polar surface area (TPSA) is 80.1 Å². The fraction of sp³-hybridized carbons (Fsp3) is 0.233. The molecule has 1 spiro atoms. The minimum Gasteiger partial charge on any atom is -0.450 e. The summed E-state index contributed by atoms with van der Waals surface area (Å²) >= 11 is 0. The summed E-state index contributed by atoms with van der Waals surface area (Å²) in [6, 6.07) is 22.1. The van der Waals surface area contributed by atoms with Crippen LogP contribution in [-0.2, 0) is 21.6 Å². The molecule has 1 unspecified atom stereocenters. The molecule has 0 N–H and O–H groups in total. The van der Waals surface area contributed by atoms with Gasteiger partial charge in [-0.15, -0.1) is 0 Å². The van der Waals surface area contributed by atoms with E-state index in [1.54, 1.807) is 36.3 Å². The van der Waals surface area contributed by atoms with Gasteiger partial charge in [-0.05, 0) is 42.7 Å². The SMILES string of the molecule is COCCCN1C(=O)c2oc3ccccc3c(=O)c2C12C(=O)N(Cc1ccccc1C)c1ccccc12. The van der Waals surface area contributed by atoms with Gasteiger partial charge in [0.25, 0.3) is 11.8 Å². The number of amides is 2. The normalized spacial score (nSPS) is 18.2. The van der Waals surface area contributed by atoms with E-state index in [0.29, 0.717) is 41.8 Å².